The number of nitrogens with one attached hydrogen (secondary N) is 1. The molecule has 20 heavy (non-hydrogen) atoms. The molecule has 2 aromatic rings. The third-order valence-electron chi connectivity index (χ3n) is 3.95. The molecule has 1 atom stereocenters. The van der Waals surface area contributed by atoms with Crippen LogP contribution in [0.1, 0.15) is 33.3 Å². The Balaban J connectivity index is 2.04. The molecule has 1 N–H and O–H groups in total. The maximum Gasteiger partial charge on any atom is 0.0345 e. The summed E-state index contributed by atoms with van der Waals surface area (Å²) in [5.74, 6) is 2.16. The molecular formula is C18H27NS. The second-order valence-electron chi connectivity index (χ2n) is 6.52. The fourth-order valence-corrected chi connectivity index (χ4v) is 3.55. The second kappa shape index (κ2) is 7.24. The van der Waals surface area contributed by atoms with E-state index in [9.17, 15) is 0 Å². The van der Waals surface area contributed by atoms with Gasteiger partial charge in [0.05, 0.1) is 0 Å². The summed E-state index contributed by atoms with van der Waals surface area (Å²) in [7, 11) is 0. The van der Waals surface area contributed by atoms with Crippen LogP contribution in [0.15, 0.2) is 29.6 Å². The maximum absolute atomic E-state index is 3.63. The van der Waals surface area contributed by atoms with Crippen molar-refractivity contribution in [2.75, 3.05) is 13.1 Å². The molecule has 1 nitrogen and oxygen atoms in total. The SMILES string of the molecule is CC(C)CNCC(Cc1csc2ccccc12)C(C)C. The molecule has 0 aliphatic carbocycles. The predicted molar refractivity (Wildman–Crippen MR) is 91.6 cm³/mol. The van der Waals surface area contributed by atoms with E-state index in [4.69, 9.17) is 0 Å². The van der Waals surface area contributed by atoms with E-state index in [1.165, 1.54) is 22.1 Å². The summed E-state index contributed by atoms with van der Waals surface area (Å²) < 4.78 is 1.42. The molecule has 0 amide bonds. The monoisotopic (exact) mass is 289 g/mol. The first kappa shape index (κ1) is 15.5. The third-order valence-corrected chi connectivity index (χ3v) is 4.96. The van der Waals surface area contributed by atoms with Crippen LogP contribution >= 0.6 is 11.3 Å². The molecule has 1 heterocycles. The Bertz CT molecular complexity index is 527. The highest BCUT2D eigenvalue weighted by Gasteiger charge is 2.16. The van der Waals surface area contributed by atoms with Gasteiger partial charge in [-0.3, -0.25) is 0 Å². The maximum atomic E-state index is 3.63. The number of hydrogen-bond acceptors (Lipinski definition) is 2. The van der Waals surface area contributed by atoms with E-state index in [1.54, 1.807) is 0 Å². The molecule has 0 fully saturated rings. The van der Waals surface area contributed by atoms with Crippen LogP contribution in [0, 0.1) is 17.8 Å². The lowest BCUT2D eigenvalue weighted by molar-refractivity contribution is 0.353. The van der Waals surface area contributed by atoms with Gasteiger partial charge in [0.25, 0.3) is 0 Å². The topological polar surface area (TPSA) is 12.0 Å². The van der Waals surface area contributed by atoms with Crippen LogP contribution in [0.5, 0.6) is 0 Å². The molecule has 110 valence electrons. The fourth-order valence-electron chi connectivity index (χ4n) is 2.57. The Morgan fingerprint density at radius 2 is 1.80 bits per heavy atom. The zero-order valence-corrected chi connectivity index (χ0v) is 14.0. The van der Waals surface area contributed by atoms with Gasteiger partial charge >= 0.3 is 0 Å². The first-order valence-electron chi connectivity index (χ1n) is 7.73. The summed E-state index contributed by atoms with van der Waals surface area (Å²) in [6.45, 7) is 11.5. The first-order chi connectivity index (χ1) is 9.58. The summed E-state index contributed by atoms with van der Waals surface area (Å²) in [5.41, 5.74) is 1.52. The normalized spacial score (nSPS) is 13.5. The minimum Gasteiger partial charge on any atom is -0.316 e. The van der Waals surface area contributed by atoms with Crippen LogP contribution < -0.4 is 5.32 Å². The Labute approximate surface area is 127 Å². The zero-order valence-electron chi connectivity index (χ0n) is 13.1. The van der Waals surface area contributed by atoms with Crippen LogP contribution in [-0.4, -0.2) is 13.1 Å². The number of benzene rings is 1. The largest absolute Gasteiger partial charge is 0.316 e. The van der Waals surface area contributed by atoms with Crippen LogP contribution in [0.4, 0.5) is 0 Å². The van der Waals surface area contributed by atoms with Crippen molar-refractivity contribution in [3.63, 3.8) is 0 Å². The van der Waals surface area contributed by atoms with Gasteiger partial charge in [-0.15, -0.1) is 11.3 Å². The van der Waals surface area contributed by atoms with Crippen LogP contribution in [0.3, 0.4) is 0 Å². The van der Waals surface area contributed by atoms with Gasteiger partial charge in [0, 0.05) is 4.70 Å². The molecule has 0 radical (unpaired) electrons. The van der Waals surface area contributed by atoms with E-state index in [1.807, 2.05) is 11.3 Å². The average Bonchev–Trinajstić information content (AvgIpc) is 2.80. The van der Waals surface area contributed by atoms with Crippen molar-refractivity contribution in [2.24, 2.45) is 17.8 Å². The quantitative estimate of drug-likeness (QED) is 0.759. The van der Waals surface area contributed by atoms with Gasteiger partial charge in [-0.05, 0) is 59.7 Å². The molecule has 0 spiro atoms. The second-order valence-corrected chi connectivity index (χ2v) is 7.43. The highest BCUT2D eigenvalue weighted by Crippen LogP contribution is 2.29. The summed E-state index contributed by atoms with van der Waals surface area (Å²) >= 11 is 1.88. The Morgan fingerprint density at radius 1 is 1.05 bits per heavy atom. The standard InChI is InChI=1S/C18H27NS/c1-13(2)10-19-11-15(14(3)4)9-16-12-20-18-8-6-5-7-17(16)18/h5-8,12-15,19H,9-11H2,1-4H3. The van der Waals surface area contributed by atoms with E-state index in [2.05, 4.69) is 62.7 Å². The van der Waals surface area contributed by atoms with Crippen molar-refractivity contribution < 1.29 is 0 Å². The Morgan fingerprint density at radius 3 is 2.50 bits per heavy atom. The molecule has 0 saturated heterocycles. The van der Waals surface area contributed by atoms with Crippen molar-refractivity contribution in [1.82, 2.24) is 5.32 Å². The van der Waals surface area contributed by atoms with Crippen molar-refractivity contribution >= 4 is 21.4 Å². The van der Waals surface area contributed by atoms with E-state index < -0.39 is 0 Å². The van der Waals surface area contributed by atoms with Crippen molar-refractivity contribution in [3.8, 4) is 0 Å². The Hall–Kier alpha value is -0.860. The zero-order chi connectivity index (χ0) is 14.5. The van der Waals surface area contributed by atoms with Gasteiger partial charge in [0.1, 0.15) is 0 Å². The van der Waals surface area contributed by atoms with Gasteiger partial charge in [-0.25, -0.2) is 0 Å². The van der Waals surface area contributed by atoms with Gasteiger partial charge in [0.2, 0.25) is 0 Å². The molecule has 0 bridgehead atoms. The number of fused-ring (bicyclic) bond motifs is 1. The van der Waals surface area contributed by atoms with Gasteiger partial charge in [-0.1, -0.05) is 45.9 Å². The fraction of sp³-hybridized carbons (Fsp3) is 0.556. The predicted octanol–water partition coefficient (Wildman–Crippen LogP) is 4.96. The van der Waals surface area contributed by atoms with Crippen LogP contribution in [-0.2, 0) is 6.42 Å². The molecule has 1 aromatic heterocycles. The molecule has 2 heteroatoms. The minimum atomic E-state index is 0.715. The van der Waals surface area contributed by atoms with Crippen molar-refractivity contribution in [1.29, 1.82) is 0 Å². The summed E-state index contributed by atoms with van der Waals surface area (Å²) in [6.07, 6.45) is 1.19. The summed E-state index contributed by atoms with van der Waals surface area (Å²) in [4.78, 5) is 0. The lowest BCUT2D eigenvalue weighted by Gasteiger charge is -2.22. The van der Waals surface area contributed by atoms with Gasteiger partial charge in [-0.2, -0.15) is 0 Å². The van der Waals surface area contributed by atoms with E-state index in [0.29, 0.717) is 11.8 Å². The molecule has 0 saturated carbocycles. The molecule has 0 aliphatic rings. The summed E-state index contributed by atoms with van der Waals surface area (Å²) in [5, 5.41) is 7.43. The minimum absolute atomic E-state index is 0.715. The first-order valence-corrected chi connectivity index (χ1v) is 8.61. The third kappa shape index (κ3) is 4.07. The lowest BCUT2D eigenvalue weighted by atomic mass is 9.89. The number of hydrogen-bond donors (Lipinski definition) is 1. The Kier molecular flexibility index (Phi) is 5.62. The smallest absolute Gasteiger partial charge is 0.0345 e. The van der Waals surface area contributed by atoms with Crippen molar-refractivity contribution in [2.45, 2.75) is 34.1 Å². The van der Waals surface area contributed by atoms with Crippen LogP contribution in [0.2, 0.25) is 0 Å². The number of thiophene rings is 1. The molecule has 2 rings (SSSR count). The number of rotatable bonds is 7. The highest BCUT2D eigenvalue weighted by molar-refractivity contribution is 7.17. The van der Waals surface area contributed by atoms with E-state index in [0.717, 1.165) is 19.0 Å². The van der Waals surface area contributed by atoms with Crippen molar-refractivity contribution in [3.05, 3.63) is 35.2 Å². The lowest BCUT2D eigenvalue weighted by Crippen LogP contribution is -2.30. The molecule has 0 aliphatic heterocycles. The molecule has 1 unspecified atom stereocenters. The van der Waals surface area contributed by atoms with Gasteiger partial charge in [0.15, 0.2) is 0 Å². The van der Waals surface area contributed by atoms with Crippen LogP contribution in [0.25, 0.3) is 10.1 Å². The molecule has 1 aromatic carbocycles. The van der Waals surface area contributed by atoms with Gasteiger partial charge < -0.3 is 5.32 Å². The van der Waals surface area contributed by atoms with E-state index in [-0.39, 0.29) is 0 Å². The highest BCUT2D eigenvalue weighted by atomic mass is 32.1. The molecular weight excluding hydrogens is 262 g/mol. The van der Waals surface area contributed by atoms with E-state index >= 15 is 0 Å². The average molecular weight is 289 g/mol. The summed E-state index contributed by atoms with van der Waals surface area (Å²) in [6, 6.07) is 8.78.